The summed E-state index contributed by atoms with van der Waals surface area (Å²) >= 11 is 0. The maximum atomic E-state index is 7.88. The highest BCUT2D eigenvalue weighted by Crippen LogP contribution is 2.69. The van der Waals surface area contributed by atoms with Crippen molar-refractivity contribution in [3.05, 3.63) is 35.9 Å². The minimum absolute atomic E-state index is 0. The van der Waals surface area contributed by atoms with E-state index in [2.05, 4.69) is 85.9 Å². The molecule has 0 unspecified atom stereocenters. The van der Waals surface area contributed by atoms with E-state index in [1.54, 1.807) is 0 Å². The van der Waals surface area contributed by atoms with E-state index in [4.69, 9.17) is 5.11 Å². The van der Waals surface area contributed by atoms with Gasteiger partial charge in [0.05, 0.1) is 0 Å². The summed E-state index contributed by atoms with van der Waals surface area (Å²) in [5.41, 5.74) is 1.46. The molecule has 0 fully saturated rings. The molecule has 0 aliphatic heterocycles. The smallest absolute Gasteiger partial charge is 0.231 e. The molecule has 6 heteroatoms. The monoisotopic (exact) mass is 433 g/mol. The summed E-state index contributed by atoms with van der Waals surface area (Å²) in [6.45, 7) is 22.8. The highest BCUT2D eigenvalue weighted by atomic mass is 35.5. The van der Waals surface area contributed by atoms with Gasteiger partial charge in [0.15, 0.2) is 0 Å². The molecule has 1 aromatic rings. The Morgan fingerprint density at radius 1 is 0.679 bits per heavy atom. The van der Waals surface area contributed by atoms with Crippen LogP contribution in [0.2, 0.25) is 0 Å². The van der Waals surface area contributed by atoms with Gasteiger partial charge in [-0.2, -0.15) is 0 Å². The van der Waals surface area contributed by atoms with Crippen molar-refractivity contribution in [2.45, 2.75) is 61.0 Å². The van der Waals surface area contributed by atoms with Crippen LogP contribution in [-0.4, -0.2) is 65.0 Å². The van der Waals surface area contributed by atoms with Crippen molar-refractivity contribution in [1.82, 2.24) is 14.0 Å². The average molecular weight is 434 g/mol. The van der Waals surface area contributed by atoms with E-state index in [0.29, 0.717) is 6.61 Å². The average Bonchev–Trinajstić information content (AvgIpc) is 2.71. The Morgan fingerprint density at radius 2 is 1.00 bits per heavy atom. The van der Waals surface area contributed by atoms with Gasteiger partial charge in [-0.05, 0) is 53.5 Å². The SMILES string of the molecule is CCCO.CCN(CC)[P+](Cc1ccccc1)(N(CC)CC)N(CC)CC.[Cl-]. The number of nitrogens with zero attached hydrogens (tertiary/aromatic N) is 3. The molecule has 0 spiro atoms. The van der Waals surface area contributed by atoms with Crippen LogP contribution < -0.4 is 12.4 Å². The second kappa shape index (κ2) is 17.6. The van der Waals surface area contributed by atoms with Crippen molar-refractivity contribution in [3.63, 3.8) is 0 Å². The molecular formula is C22H45ClN3OP. The molecule has 1 aromatic carbocycles. The van der Waals surface area contributed by atoms with Crippen LogP contribution in [0.25, 0.3) is 0 Å². The lowest BCUT2D eigenvalue weighted by Crippen LogP contribution is -3.00. The van der Waals surface area contributed by atoms with Gasteiger partial charge in [-0.1, -0.05) is 37.3 Å². The minimum Gasteiger partial charge on any atom is -1.00 e. The predicted molar refractivity (Wildman–Crippen MR) is 123 cm³/mol. The number of halogens is 1. The standard InChI is InChI=1S/C19H37N3P.C3H8O.ClH/c1-7-20(8-2)23(21(9-3)10-4,22(11-5)12-6)18-19-16-14-13-15-17-19;1-2-3-4;/h13-17H,7-12,18H2,1-6H3;4H,2-3H2,1H3;1H/q+1;;/p-1. The van der Waals surface area contributed by atoms with E-state index in [0.717, 1.165) is 51.9 Å². The third-order valence-corrected chi connectivity index (χ3v) is 10.2. The number of hydrogen-bond acceptors (Lipinski definition) is 4. The maximum absolute atomic E-state index is 7.88. The molecule has 0 aliphatic rings. The van der Waals surface area contributed by atoms with E-state index in [1.807, 2.05) is 6.92 Å². The van der Waals surface area contributed by atoms with E-state index in [-0.39, 0.29) is 12.4 Å². The van der Waals surface area contributed by atoms with Crippen molar-refractivity contribution in [1.29, 1.82) is 0 Å². The summed E-state index contributed by atoms with van der Waals surface area (Å²) in [5.74, 6) is 0. The molecule has 0 saturated heterocycles. The molecule has 28 heavy (non-hydrogen) atoms. The van der Waals surface area contributed by atoms with Gasteiger partial charge in [0.2, 0.25) is 7.71 Å². The summed E-state index contributed by atoms with van der Waals surface area (Å²) in [6.07, 6.45) is 2.03. The molecule has 166 valence electrons. The molecule has 0 heterocycles. The topological polar surface area (TPSA) is 30.0 Å². The van der Waals surface area contributed by atoms with E-state index in [1.165, 1.54) is 5.56 Å². The van der Waals surface area contributed by atoms with Crippen molar-refractivity contribution in [3.8, 4) is 0 Å². The Hall–Kier alpha value is -0.220. The zero-order chi connectivity index (χ0) is 20.7. The number of aliphatic hydroxyl groups excluding tert-OH is 1. The van der Waals surface area contributed by atoms with E-state index >= 15 is 0 Å². The summed E-state index contributed by atoms with van der Waals surface area (Å²) in [6, 6.07) is 11.1. The number of hydrogen-bond donors (Lipinski definition) is 1. The number of benzene rings is 1. The molecule has 0 radical (unpaired) electrons. The molecule has 0 saturated carbocycles. The fourth-order valence-electron chi connectivity index (χ4n) is 3.69. The van der Waals surface area contributed by atoms with Crippen LogP contribution in [0.1, 0.15) is 60.5 Å². The molecule has 0 atom stereocenters. The van der Waals surface area contributed by atoms with Crippen LogP contribution in [0.4, 0.5) is 0 Å². The Balaban J connectivity index is 0. The first-order valence-electron chi connectivity index (χ1n) is 10.8. The zero-order valence-electron chi connectivity index (χ0n) is 19.4. The third-order valence-electron chi connectivity index (χ3n) is 5.01. The maximum Gasteiger partial charge on any atom is 0.231 e. The summed E-state index contributed by atoms with van der Waals surface area (Å²) in [5, 5.41) is 7.88. The predicted octanol–water partition coefficient (Wildman–Crippen LogP) is 2.37. The van der Waals surface area contributed by atoms with Gasteiger partial charge in [0.25, 0.3) is 0 Å². The Morgan fingerprint density at radius 3 is 1.25 bits per heavy atom. The molecule has 0 aromatic heterocycles. The van der Waals surface area contributed by atoms with Crippen molar-refractivity contribution in [2.75, 3.05) is 45.9 Å². The van der Waals surface area contributed by atoms with Crippen molar-refractivity contribution < 1.29 is 17.5 Å². The van der Waals surface area contributed by atoms with Gasteiger partial charge < -0.3 is 17.5 Å². The Kier molecular flexibility index (Phi) is 18.9. The van der Waals surface area contributed by atoms with Gasteiger partial charge in [0, 0.05) is 45.9 Å². The van der Waals surface area contributed by atoms with Gasteiger partial charge >= 0.3 is 0 Å². The normalized spacial score (nSPS) is 11.4. The molecule has 0 aliphatic carbocycles. The Bertz CT molecular complexity index is 419. The number of rotatable bonds is 12. The van der Waals surface area contributed by atoms with Gasteiger partial charge in [-0.15, -0.1) is 14.0 Å². The second-order valence-corrected chi connectivity index (χ2v) is 9.88. The lowest BCUT2D eigenvalue weighted by Gasteiger charge is -2.46. The highest BCUT2D eigenvalue weighted by Gasteiger charge is 2.53. The second-order valence-electron chi connectivity index (χ2n) is 6.48. The van der Waals surface area contributed by atoms with Crippen LogP contribution in [0.3, 0.4) is 0 Å². The zero-order valence-corrected chi connectivity index (χ0v) is 21.0. The lowest BCUT2D eigenvalue weighted by molar-refractivity contribution is -0.00000772. The van der Waals surface area contributed by atoms with Crippen LogP contribution >= 0.6 is 7.71 Å². The van der Waals surface area contributed by atoms with Crippen LogP contribution in [0.15, 0.2) is 30.3 Å². The first kappa shape index (κ1) is 30.0. The first-order valence-corrected chi connectivity index (χ1v) is 12.7. The highest BCUT2D eigenvalue weighted by molar-refractivity contribution is 7.68. The third kappa shape index (κ3) is 8.26. The fourth-order valence-corrected chi connectivity index (χ4v) is 8.79. The fraction of sp³-hybridized carbons (Fsp3) is 0.727. The van der Waals surface area contributed by atoms with Crippen molar-refractivity contribution in [2.24, 2.45) is 0 Å². The largest absolute Gasteiger partial charge is 1.00 e. The van der Waals surface area contributed by atoms with Crippen LogP contribution in [0, 0.1) is 0 Å². The minimum atomic E-state index is -1.55. The van der Waals surface area contributed by atoms with Gasteiger partial charge in [0.1, 0.15) is 6.16 Å². The van der Waals surface area contributed by atoms with Gasteiger partial charge in [-0.25, -0.2) is 0 Å². The summed E-state index contributed by atoms with van der Waals surface area (Å²) in [4.78, 5) is 0. The lowest BCUT2D eigenvalue weighted by atomic mass is 10.2. The van der Waals surface area contributed by atoms with Crippen LogP contribution in [0.5, 0.6) is 0 Å². The molecule has 1 rings (SSSR count). The Labute approximate surface area is 182 Å². The number of aliphatic hydroxyl groups is 1. The van der Waals surface area contributed by atoms with E-state index < -0.39 is 7.71 Å². The summed E-state index contributed by atoms with van der Waals surface area (Å²) in [7, 11) is -1.55. The molecular weight excluding hydrogens is 389 g/mol. The first-order chi connectivity index (χ1) is 13.1. The van der Waals surface area contributed by atoms with Crippen LogP contribution in [-0.2, 0) is 6.16 Å². The molecule has 1 N–H and O–H groups in total. The molecule has 4 nitrogen and oxygen atoms in total. The van der Waals surface area contributed by atoms with Crippen molar-refractivity contribution >= 4 is 7.71 Å². The van der Waals surface area contributed by atoms with Gasteiger partial charge in [-0.3, -0.25) is 0 Å². The quantitative estimate of drug-likeness (QED) is 0.512. The molecule has 0 bridgehead atoms. The van der Waals surface area contributed by atoms with E-state index in [9.17, 15) is 0 Å². The summed E-state index contributed by atoms with van der Waals surface area (Å²) < 4.78 is 8.25. The molecule has 0 amide bonds.